The van der Waals surface area contributed by atoms with Crippen LogP contribution in [-0.4, -0.2) is 27.6 Å². The Morgan fingerprint density at radius 1 is 1.55 bits per heavy atom. The third-order valence-electron chi connectivity index (χ3n) is 2.75. The fourth-order valence-electron chi connectivity index (χ4n) is 1.92. The topological polar surface area (TPSA) is 82.5 Å². The fraction of sp³-hybridized carbons (Fsp3) is 0.0833. The molecule has 3 heterocycles. The van der Waals surface area contributed by atoms with Gasteiger partial charge in [-0.15, -0.1) is 16.4 Å². The standard InChI is InChI=1S/C12H8ClN4O2S/c1-19-10-6(11(14)18)4-7(8-2-3-9(13)20-8)17-12(10)15-5-16-17/h2-4H,1H3,(H2,14,18). The number of carbonyl (C=O) groups excluding carboxylic acids is 1. The minimum absolute atomic E-state index is 0.237. The number of halogens is 1. The normalized spacial score (nSPS) is 10.9. The maximum atomic E-state index is 11.6. The predicted molar refractivity (Wildman–Crippen MR) is 75.2 cm³/mol. The van der Waals surface area contributed by atoms with Gasteiger partial charge < -0.3 is 10.5 Å². The molecule has 0 unspecified atom stereocenters. The lowest BCUT2D eigenvalue weighted by Crippen LogP contribution is -2.14. The molecule has 1 radical (unpaired) electrons. The number of nitrogens with two attached hydrogens (primary N) is 1. The Labute approximate surface area is 122 Å². The molecule has 101 valence electrons. The van der Waals surface area contributed by atoms with E-state index in [9.17, 15) is 4.79 Å². The molecule has 1 amide bonds. The van der Waals surface area contributed by atoms with Crippen molar-refractivity contribution in [1.82, 2.24) is 14.6 Å². The molecule has 0 bridgehead atoms. The molecule has 6 nitrogen and oxygen atoms in total. The number of amides is 1. The highest BCUT2D eigenvalue weighted by molar-refractivity contribution is 7.19. The summed E-state index contributed by atoms with van der Waals surface area (Å²) in [5.41, 5.74) is 6.66. The summed E-state index contributed by atoms with van der Waals surface area (Å²) in [6.45, 7) is 0. The molecule has 3 rings (SSSR count). The van der Waals surface area contributed by atoms with E-state index in [0.29, 0.717) is 15.7 Å². The maximum absolute atomic E-state index is 11.6. The Morgan fingerprint density at radius 3 is 2.95 bits per heavy atom. The number of fused-ring (bicyclic) bond motifs is 1. The zero-order chi connectivity index (χ0) is 14.3. The lowest BCUT2D eigenvalue weighted by molar-refractivity contribution is 0.0997. The van der Waals surface area contributed by atoms with Crippen LogP contribution in [0.25, 0.3) is 16.2 Å². The van der Waals surface area contributed by atoms with Crippen LogP contribution in [0.4, 0.5) is 0 Å². The van der Waals surface area contributed by atoms with Crippen molar-refractivity contribution >= 4 is 34.5 Å². The highest BCUT2D eigenvalue weighted by Gasteiger charge is 2.20. The monoisotopic (exact) mass is 307 g/mol. The number of nitrogens with zero attached hydrogens (tertiary/aromatic N) is 3. The number of ether oxygens (including phenoxy) is 1. The Balaban J connectivity index is 2.37. The van der Waals surface area contributed by atoms with Crippen LogP contribution in [0.3, 0.4) is 0 Å². The zero-order valence-electron chi connectivity index (χ0n) is 10.3. The van der Waals surface area contributed by atoms with Crippen LogP contribution in [0.1, 0.15) is 10.4 Å². The van der Waals surface area contributed by atoms with E-state index in [4.69, 9.17) is 22.1 Å². The molecule has 0 spiro atoms. The van der Waals surface area contributed by atoms with E-state index in [0.717, 1.165) is 4.88 Å². The molecule has 0 atom stereocenters. The van der Waals surface area contributed by atoms with Crippen molar-refractivity contribution < 1.29 is 9.53 Å². The van der Waals surface area contributed by atoms with Gasteiger partial charge in [0.05, 0.1) is 27.6 Å². The van der Waals surface area contributed by atoms with Gasteiger partial charge in [-0.1, -0.05) is 11.6 Å². The number of primary amides is 1. The quantitative estimate of drug-likeness (QED) is 0.802. The van der Waals surface area contributed by atoms with Gasteiger partial charge in [0.15, 0.2) is 11.4 Å². The van der Waals surface area contributed by atoms with Crippen LogP contribution in [0, 0.1) is 6.33 Å². The first-order chi connectivity index (χ1) is 9.61. The predicted octanol–water partition coefficient (Wildman–Crippen LogP) is 2.02. The summed E-state index contributed by atoms with van der Waals surface area (Å²) in [5.74, 6) is -0.325. The fourth-order valence-corrected chi connectivity index (χ4v) is 2.96. The van der Waals surface area contributed by atoms with Crippen molar-refractivity contribution in [2.24, 2.45) is 5.73 Å². The first-order valence-corrected chi connectivity index (χ1v) is 6.70. The second kappa shape index (κ2) is 4.77. The molecule has 0 aliphatic heterocycles. The van der Waals surface area contributed by atoms with Crippen LogP contribution in [0.2, 0.25) is 4.34 Å². The van der Waals surface area contributed by atoms with Crippen LogP contribution in [0.5, 0.6) is 5.75 Å². The number of pyridine rings is 1. The third kappa shape index (κ3) is 1.91. The molecule has 0 aliphatic rings. The summed E-state index contributed by atoms with van der Waals surface area (Å²) in [6.07, 6.45) is 2.50. The van der Waals surface area contributed by atoms with Crippen LogP contribution in [0.15, 0.2) is 18.2 Å². The minimum Gasteiger partial charge on any atom is -0.492 e. The SMILES string of the molecule is COc1c(C(N)=O)cc(-c2ccc(Cl)s2)n2n[c]nc12. The number of carbonyl (C=O) groups is 1. The molecule has 2 N–H and O–H groups in total. The molecular weight excluding hydrogens is 300 g/mol. The van der Waals surface area contributed by atoms with Gasteiger partial charge in [0, 0.05) is 0 Å². The van der Waals surface area contributed by atoms with Crippen molar-refractivity contribution in [3.63, 3.8) is 0 Å². The summed E-state index contributed by atoms with van der Waals surface area (Å²) in [5, 5.41) is 4.03. The molecule has 20 heavy (non-hydrogen) atoms. The average molecular weight is 308 g/mol. The summed E-state index contributed by atoms with van der Waals surface area (Å²) >= 11 is 7.31. The van der Waals surface area contributed by atoms with Crippen LogP contribution >= 0.6 is 22.9 Å². The number of thiophene rings is 1. The summed E-state index contributed by atoms with van der Waals surface area (Å²) in [6, 6.07) is 5.21. The van der Waals surface area contributed by atoms with E-state index in [1.54, 1.807) is 12.1 Å². The van der Waals surface area contributed by atoms with Gasteiger partial charge in [0.2, 0.25) is 6.33 Å². The molecule has 3 aromatic rings. The molecular formula is C12H8ClN4O2S. The number of rotatable bonds is 3. The molecule has 0 aliphatic carbocycles. The molecule has 3 aromatic heterocycles. The Bertz CT molecular complexity index is 811. The van der Waals surface area contributed by atoms with E-state index in [2.05, 4.69) is 16.4 Å². The van der Waals surface area contributed by atoms with Gasteiger partial charge in [-0.05, 0) is 18.2 Å². The average Bonchev–Trinajstić information content (AvgIpc) is 3.05. The maximum Gasteiger partial charge on any atom is 0.252 e. The van der Waals surface area contributed by atoms with Gasteiger partial charge in [0.1, 0.15) is 0 Å². The molecule has 0 saturated carbocycles. The molecule has 0 fully saturated rings. The van der Waals surface area contributed by atoms with Gasteiger partial charge in [-0.25, -0.2) is 9.50 Å². The molecule has 0 aromatic carbocycles. The Hall–Kier alpha value is -2.12. The van der Waals surface area contributed by atoms with Crippen molar-refractivity contribution in [3.8, 4) is 16.3 Å². The summed E-state index contributed by atoms with van der Waals surface area (Å²) < 4.78 is 7.38. The zero-order valence-corrected chi connectivity index (χ0v) is 11.8. The second-order valence-electron chi connectivity index (χ2n) is 3.89. The van der Waals surface area contributed by atoms with Gasteiger partial charge >= 0.3 is 0 Å². The first kappa shape index (κ1) is 12.9. The Morgan fingerprint density at radius 2 is 2.35 bits per heavy atom. The van der Waals surface area contributed by atoms with Crippen LogP contribution in [-0.2, 0) is 0 Å². The van der Waals surface area contributed by atoms with E-state index >= 15 is 0 Å². The summed E-state index contributed by atoms with van der Waals surface area (Å²) in [7, 11) is 1.44. The van der Waals surface area contributed by atoms with Crippen LogP contribution < -0.4 is 10.5 Å². The minimum atomic E-state index is -0.601. The van der Waals surface area contributed by atoms with Crippen molar-refractivity contribution in [2.45, 2.75) is 0 Å². The van der Waals surface area contributed by atoms with Crippen molar-refractivity contribution in [2.75, 3.05) is 7.11 Å². The largest absolute Gasteiger partial charge is 0.492 e. The first-order valence-electron chi connectivity index (χ1n) is 5.51. The molecule has 0 saturated heterocycles. The van der Waals surface area contributed by atoms with Gasteiger partial charge in [-0.3, -0.25) is 4.79 Å². The highest BCUT2D eigenvalue weighted by atomic mass is 35.5. The molecule has 8 heteroatoms. The summed E-state index contributed by atoms with van der Waals surface area (Å²) in [4.78, 5) is 16.4. The van der Waals surface area contributed by atoms with E-state index < -0.39 is 5.91 Å². The van der Waals surface area contributed by atoms with E-state index in [1.165, 1.54) is 23.0 Å². The number of hydrogen-bond acceptors (Lipinski definition) is 5. The lowest BCUT2D eigenvalue weighted by Gasteiger charge is -2.10. The van der Waals surface area contributed by atoms with E-state index in [-0.39, 0.29) is 11.3 Å². The van der Waals surface area contributed by atoms with Crippen molar-refractivity contribution in [3.05, 3.63) is 34.4 Å². The lowest BCUT2D eigenvalue weighted by atomic mass is 10.1. The van der Waals surface area contributed by atoms with Crippen molar-refractivity contribution in [1.29, 1.82) is 0 Å². The van der Waals surface area contributed by atoms with E-state index in [1.807, 2.05) is 6.07 Å². The van der Waals surface area contributed by atoms with Gasteiger partial charge in [0.25, 0.3) is 5.91 Å². The third-order valence-corrected chi connectivity index (χ3v) is 4.01. The van der Waals surface area contributed by atoms with Gasteiger partial charge in [-0.2, -0.15) is 0 Å². The number of aromatic nitrogens is 3. The number of methoxy groups -OCH3 is 1. The Kier molecular flexibility index (Phi) is 3.07. The number of hydrogen-bond donors (Lipinski definition) is 1. The smallest absolute Gasteiger partial charge is 0.252 e. The second-order valence-corrected chi connectivity index (χ2v) is 5.61. The highest BCUT2D eigenvalue weighted by Crippen LogP contribution is 2.34.